The van der Waals surface area contributed by atoms with Crippen molar-refractivity contribution >= 4 is 16.8 Å². The van der Waals surface area contributed by atoms with Gasteiger partial charge < -0.3 is 14.6 Å². The van der Waals surface area contributed by atoms with Crippen LogP contribution in [0, 0.1) is 11.7 Å². The van der Waals surface area contributed by atoms with Crippen LogP contribution in [-0.2, 0) is 11.2 Å². The van der Waals surface area contributed by atoms with E-state index in [4.69, 9.17) is 4.74 Å². The molecule has 1 N–H and O–H groups in total. The van der Waals surface area contributed by atoms with Crippen LogP contribution >= 0.6 is 0 Å². The molecule has 31 heavy (non-hydrogen) atoms. The number of hydrogen-bond acceptors (Lipinski definition) is 2. The lowest BCUT2D eigenvalue weighted by Gasteiger charge is -2.36. The van der Waals surface area contributed by atoms with Crippen molar-refractivity contribution in [3.8, 4) is 5.75 Å². The molecule has 1 aliphatic carbocycles. The summed E-state index contributed by atoms with van der Waals surface area (Å²) >= 11 is 0. The molecule has 162 valence electrons. The number of nitrogens with one attached hydrogen (secondary N) is 1. The van der Waals surface area contributed by atoms with Crippen LogP contribution in [0.25, 0.3) is 10.9 Å². The van der Waals surface area contributed by atoms with Crippen molar-refractivity contribution < 1.29 is 13.9 Å². The molecule has 1 aromatic heterocycles. The number of ether oxygens (including phenoxy) is 1. The molecule has 0 bridgehead atoms. The van der Waals surface area contributed by atoms with E-state index in [-0.39, 0.29) is 17.8 Å². The second-order valence-corrected chi connectivity index (χ2v) is 8.91. The molecule has 2 aliphatic rings. The van der Waals surface area contributed by atoms with Gasteiger partial charge in [-0.3, -0.25) is 4.79 Å². The minimum absolute atomic E-state index is 0.197. The number of halogens is 1. The van der Waals surface area contributed by atoms with Gasteiger partial charge in [0, 0.05) is 29.6 Å². The number of rotatable bonds is 5. The maximum Gasteiger partial charge on any atom is 0.223 e. The number of carbonyl (C=O) groups excluding carboxylic acids is 1. The number of aromatic nitrogens is 1. The van der Waals surface area contributed by atoms with E-state index in [1.165, 1.54) is 43.4 Å². The van der Waals surface area contributed by atoms with E-state index in [0.29, 0.717) is 18.9 Å². The summed E-state index contributed by atoms with van der Waals surface area (Å²) in [6.45, 7) is 0.669. The standard InChI is InChI=1S/C26H29FN2O2/c1-31-20-11-12-23-22(16-20)21-14-15-29(24(30)13-6-17-4-2-3-5-17)26(25(21)28-23)18-7-9-19(27)10-8-18/h7-12,16-17,26,28H,2-6,13-15H2,1H3/t26-/m1/s1. The van der Waals surface area contributed by atoms with Gasteiger partial charge in [0.1, 0.15) is 11.6 Å². The second-order valence-electron chi connectivity index (χ2n) is 8.91. The monoisotopic (exact) mass is 420 g/mol. The number of methoxy groups -OCH3 is 1. The summed E-state index contributed by atoms with van der Waals surface area (Å²) in [6, 6.07) is 12.4. The Morgan fingerprint density at radius 3 is 2.68 bits per heavy atom. The van der Waals surface area contributed by atoms with Crippen molar-refractivity contribution in [2.75, 3.05) is 13.7 Å². The van der Waals surface area contributed by atoms with Crippen molar-refractivity contribution in [1.29, 1.82) is 0 Å². The molecule has 0 unspecified atom stereocenters. The highest BCUT2D eigenvalue weighted by molar-refractivity contribution is 5.88. The van der Waals surface area contributed by atoms with Crippen LogP contribution in [0.15, 0.2) is 42.5 Å². The van der Waals surface area contributed by atoms with Crippen molar-refractivity contribution in [1.82, 2.24) is 9.88 Å². The number of amides is 1. The minimum Gasteiger partial charge on any atom is -0.497 e. The zero-order chi connectivity index (χ0) is 21.4. The van der Waals surface area contributed by atoms with E-state index >= 15 is 0 Å². The van der Waals surface area contributed by atoms with Crippen LogP contribution in [0.4, 0.5) is 4.39 Å². The fourth-order valence-electron chi connectivity index (χ4n) is 5.43. The third-order valence-electron chi connectivity index (χ3n) is 7.08. The summed E-state index contributed by atoms with van der Waals surface area (Å²) in [4.78, 5) is 18.9. The molecule has 5 rings (SSSR count). The molecular weight excluding hydrogens is 391 g/mol. The summed E-state index contributed by atoms with van der Waals surface area (Å²) in [7, 11) is 1.67. The van der Waals surface area contributed by atoms with Crippen molar-refractivity contribution in [2.24, 2.45) is 5.92 Å². The molecule has 2 heterocycles. The first kappa shape index (κ1) is 20.1. The van der Waals surface area contributed by atoms with E-state index in [9.17, 15) is 9.18 Å². The lowest BCUT2D eigenvalue weighted by molar-refractivity contribution is -0.133. The van der Waals surface area contributed by atoms with Crippen LogP contribution in [-0.4, -0.2) is 29.4 Å². The largest absolute Gasteiger partial charge is 0.497 e. The average molecular weight is 421 g/mol. The highest BCUT2D eigenvalue weighted by Gasteiger charge is 2.34. The number of benzene rings is 2. The van der Waals surface area contributed by atoms with Gasteiger partial charge in [0.05, 0.1) is 13.2 Å². The van der Waals surface area contributed by atoms with Crippen molar-refractivity contribution in [2.45, 2.75) is 51.0 Å². The number of aromatic amines is 1. The van der Waals surface area contributed by atoms with Gasteiger partial charge in [-0.25, -0.2) is 4.39 Å². The van der Waals surface area contributed by atoms with Gasteiger partial charge in [-0.1, -0.05) is 37.8 Å². The number of fused-ring (bicyclic) bond motifs is 3. The van der Waals surface area contributed by atoms with Crippen LogP contribution in [0.1, 0.15) is 61.4 Å². The smallest absolute Gasteiger partial charge is 0.223 e. The summed E-state index contributed by atoms with van der Waals surface area (Å²) < 4.78 is 19.1. The van der Waals surface area contributed by atoms with E-state index in [1.54, 1.807) is 19.2 Å². The number of hydrogen-bond donors (Lipinski definition) is 1. The third kappa shape index (κ3) is 3.82. The second kappa shape index (κ2) is 8.37. The van der Waals surface area contributed by atoms with Gasteiger partial charge >= 0.3 is 0 Å². The molecule has 5 heteroatoms. The quantitative estimate of drug-likeness (QED) is 0.570. The Bertz CT molecular complexity index is 1080. The first-order chi connectivity index (χ1) is 15.1. The van der Waals surface area contributed by atoms with Crippen LogP contribution in [0.5, 0.6) is 5.75 Å². The predicted octanol–water partition coefficient (Wildman–Crippen LogP) is 5.76. The van der Waals surface area contributed by atoms with Crippen LogP contribution in [0.2, 0.25) is 0 Å². The molecule has 1 saturated carbocycles. The molecule has 1 amide bonds. The highest BCUT2D eigenvalue weighted by Crippen LogP contribution is 2.40. The maximum atomic E-state index is 13.6. The number of nitrogens with zero attached hydrogens (tertiary/aromatic N) is 1. The summed E-state index contributed by atoms with van der Waals surface area (Å²) in [5, 5.41) is 1.14. The number of carbonyl (C=O) groups is 1. The minimum atomic E-state index is -0.264. The van der Waals surface area contributed by atoms with Crippen LogP contribution in [0.3, 0.4) is 0 Å². The normalized spacial score (nSPS) is 19.0. The highest BCUT2D eigenvalue weighted by atomic mass is 19.1. The first-order valence-corrected chi connectivity index (χ1v) is 11.4. The Morgan fingerprint density at radius 2 is 1.94 bits per heavy atom. The lowest BCUT2D eigenvalue weighted by atomic mass is 9.91. The van der Waals surface area contributed by atoms with E-state index < -0.39 is 0 Å². The lowest BCUT2D eigenvalue weighted by Crippen LogP contribution is -2.40. The predicted molar refractivity (Wildman–Crippen MR) is 120 cm³/mol. The van der Waals surface area contributed by atoms with Crippen LogP contribution < -0.4 is 4.74 Å². The Kier molecular flexibility index (Phi) is 5.43. The van der Waals surface area contributed by atoms with Gasteiger partial charge in [-0.05, 0) is 60.2 Å². The Hall–Kier alpha value is -2.82. The van der Waals surface area contributed by atoms with Gasteiger partial charge in [0.25, 0.3) is 0 Å². The van der Waals surface area contributed by atoms with Crippen molar-refractivity contribution in [3.05, 3.63) is 65.1 Å². The SMILES string of the molecule is COc1ccc2[nH]c3c(c2c1)CCN(C(=O)CCC1CCCC1)[C@@H]3c1ccc(F)cc1. The summed E-state index contributed by atoms with van der Waals surface area (Å²) in [6.07, 6.45) is 7.46. The molecule has 0 spiro atoms. The molecule has 3 aromatic rings. The fraction of sp³-hybridized carbons (Fsp3) is 0.423. The fourth-order valence-corrected chi connectivity index (χ4v) is 5.43. The molecule has 2 aromatic carbocycles. The van der Waals surface area contributed by atoms with Gasteiger partial charge in [-0.2, -0.15) is 0 Å². The molecule has 0 saturated heterocycles. The van der Waals surface area contributed by atoms with E-state index in [2.05, 4.69) is 11.1 Å². The summed E-state index contributed by atoms with van der Waals surface area (Å²) in [5.74, 6) is 1.44. The van der Waals surface area contributed by atoms with Gasteiger partial charge in [0.15, 0.2) is 0 Å². The maximum absolute atomic E-state index is 13.6. The third-order valence-corrected chi connectivity index (χ3v) is 7.08. The molecule has 1 aliphatic heterocycles. The first-order valence-electron chi connectivity index (χ1n) is 11.4. The van der Waals surface area contributed by atoms with Gasteiger partial charge in [0.2, 0.25) is 5.91 Å². The molecule has 4 nitrogen and oxygen atoms in total. The molecule has 1 fully saturated rings. The average Bonchev–Trinajstić information content (AvgIpc) is 3.44. The molecule has 1 atom stereocenters. The zero-order valence-corrected chi connectivity index (χ0v) is 18.0. The Balaban J connectivity index is 1.51. The topological polar surface area (TPSA) is 45.3 Å². The van der Waals surface area contributed by atoms with Crippen molar-refractivity contribution in [3.63, 3.8) is 0 Å². The van der Waals surface area contributed by atoms with E-state index in [0.717, 1.165) is 40.8 Å². The Labute approximate surface area is 182 Å². The zero-order valence-electron chi connectivity index (χ0n) is 18.0. The molecule has 0 radical (unpaired) electrons. The number of H-pyrrole nitrogens is 1. The summed E-state index contributed by atoms with van der Waals surface area (Å²) in [5.41, 5.74) is 4.24. The Morgan fingerprint density at radius 1 is 1.16 bits per heavy atom. The molecular formula is C26H29FN2O2. The van der Waals surface area contributed by atoms with Gasteiger partial charge in [-0.15, -0.1) is 0 Å². The van der Waals surface area contributed by atoms with E-state index in [1.807, 2.05) is 17.0 Å².